The number of nitrogens with one attached hydrogen (secondary N) is 4. The second kappa shape index (κ2) is 13.9. The molecule has 46 heavy (non-hydrogen) atoms. The summed E-state index contributed by atoms with van der Waals surface area (Å²) in [5.41, 5.74) is -0.299. The predicted molar refractivity (Wildman–Crippen MR) is 166 cm³/mol. The number of carboxylic acids is 1. The molecule has 1 spiro atoms. The Bertz CT molecular complexity index is 1710. The van der Waals surface area contributed by atoms with Crippen molar-refractivity contribution in [3.63, 3.8) is 0 Å². The molecular weight excluding hydrogens is 665 g/mol. The Morgan fingerprint density at radius 2 is 1.89 bits per heavy atom. The average molecular weight is 695 g/mol. The van der Waals surface area contributed by atoms with Gasteiger partial charge in [-0.2, -0.15) is 4.72 Å². The molecule has 3 atom stereocenters. The lowest BCUT2D eigenvalue weighted by Gasteiger charge is -2.24. The van der Waals surface area contributed by atoms with Gasteiger partial charge in [-0.25, -0.2) is 18.2 Å². The van der Waals surface area contributed by atoms with E-state index in [1.807, 2.05) is 35.1 Å². The van der Waals surface area contributed by atoms with E-state index in [0.717, 1.165) is 5.56 Å². The second-order valence-corrected chi connectivity index (χ2v) is 13.1. The Balaban J connectivity index is 1.21. The van der Waals surface area contributed by atoms with Crippen LogP contribution in [0.25, 0.3) is 0 Å². The van der Waals surface area contributed by atoms with Crippen molar-refractivity contribution in [2.24, 2.45) is 5.16 Å². The van der Waals surface area contributed by atoms with Crippen molar-refractivity contribution < 1.29 is 37.5 Å². The molecule has 1 saturated heterocycles. The molecule has 0 aliphatic carbocycles. The summed E-state index contributed by atoms with van der Waals surface area (Å²) in [5, 5.41) is 18.7. The van der Waals surface area contributed by atoms with Gasteiger partial charge in [0, 0.05) is 38.3 Å². The maximum atomic E-state index is 13.2. The van der Waals surface area contributed by atoms with Crippen LogP contribution in [-0.2, 0) is 35.8 Å². The van der Waals surface area contributed by atoms with E-state index in [4.69, 9.17) is 32.8 Å². The number of nitrogens with zero attached hydrogens (tertiary/aromatic N) is 3. The van der Waals surface area contributed by atoms with E-state index >= 15 is 0 Å². The fourth-order valence-electron chi connectivity index (χ4n) is 5.12. The summed E-state index contributed by atoms with van der Waals surface area (Å²) in [6.07, 6.45) is 2.93. The van der Waals surface area contributed by atoms with Gasteiger partial charge in [0.15, 0.2) is 11.5 Å². The van der Waals surface area contributed by atoms with E-state index in [1.54, 1.807) is 12.4 Å². The number of amides is 2. The van der Waals surface area contributed by atoms with Gasteiger partial charge < -0.3 is 30.3 Å². The molecule has 0 saturated carbocycles. The second-order valence-electron chi connectivity index (χ2n) is 10.6. The number of oxime groups is 1. The molecule has 244 valence electrons. The van der Waals surface area contributed by atoms with Crippen LogP contribution in [0.5, 0.6) is 0 Å². The number of imidazole rings is 1. The first-order chi connectivity index (χ1) is 22.0. The van der Waals surface area contributed by atoms with Crippen LogP contribution in [-0.4, -0.2) is 89.4 Å². The molecule has 5 rings (SSSR count). The number of rotatable bonds is 12. The van der Waals surface area contributed by atoms with Crippen LogP contribution in [0.4, 0.5) is 10.7 Å². The highest BCUT2D eigenvalue weighted by Gasteiger charge is 2.53. The van der Waals surface area contributed by atoms with Gasteiger partial charge in [0.2, 0.25) is 10.0 Å². The fourth-order valence-corrected chi connectivity index (χ4v) is 7.45. The third kappa shape index (κ3) is 7.70. The Morgan fingerprint density at radius 3 is 2.57 bits per heavy atom. The molecule has 2 unspecified atom stereocenters. The predicted octanol–water partition coefficient (Wildman–Crippen LogP) is 2.60. The van der Waals surface area contributed by atoms with Crippen molar-refractivity contribution in [3.05, 3.63) is 76.5 Å². The van der Waals surface area contributed by atoms with Crippen LogP contribution in [0.2, 0.25) is 10.0 Å². The van der Waals surface area contributed by atoms with Crippen LogP contribution in [0.3, 0.4) is 0 Å². The first-order valence-corrected chi connectivity index (χ1v) is 16.1. The molecule has 1 aromatic heterocycles. The number of sulfonamides is 1. The highest BCUT2D eigenvalue weighted by Crippen LogP contribution is 2.38. The zero-order chi connectivity index (χ0) is 32.9. The molecule has 1 fully saturated rings. The van der Waals surface area contributed by atoms with Gasteiger partial charge in [0.25, 0.3) is 5.91 Å². The van der Waals surface area contributed by atoms with Crippen molar-refractivity contribution in [1.82, 2.24) is 24.9 Å². The first-order valence-electron chi connectivity index (χ1n) is 13.9. The summed E-state index contributed by atoms with van der Waals surface area (Å²) >= 11 is 12.0. The fraction of sp³-hybridized carbons (Fsp3) is 0.321. The lowest BCUT2D eigenvalue weighted by Crippen LogP contribution is -2.49. The number of carbonyl (C=O) groups excluding carboxylic acids is 2. The maximum absolute atomic E-state index is 13.2. The number of aromatic nitrogens is 2. The van der Waals surface area contributed by atoms with Gasteiger partial charge in [-0.15, -0.1) is 0 Å². The van der Waals surface area contributed by atoms with Crippen molar-refractivity contribution >= 4 is 62.9 Å². The summed E-state index contributed by atoms with van der Waals surface area (Å²) in [5.74, 6) is -1.82. The van der Waals surface area contributed by atoms with E-state index in [-0.39, 0.29) is 48.3 Å². The minimum atomic E-state index is -4.48. The molecule has 2 aromatic carbocycles. The number of aliphatic carboxylic acids is 1. The number of likely N-dealkylation sites (tertiary alicyclic amines) is 1. The van der Waals surface area contributed by atoms with E-state index < -0.39 is 57.1 Å². The van der Waals surface area contributed by atoms with Crippen molar-refractivity contribution in [2.75, 3.05) is 25.0 Å². The lowest BCUT2D eigenvalue weighted by molar-refractivity contribution is -0.138. The number of H-pyrrole nitrogens is 1. The molecule has 0 bridgehead atoms. The molecule has 2 aliphatic rings. The number of aromatic amines is 1. The Labute approximate surface area is 273 Å². The lowest BCUT2D eigenvalue weighted by atomic mass is 9.94. The summed E-state index contributed by atoms with van der Waals surface area (Å²) in [7, 11) is -4.48. The third-order valence-corrected chi connectivity index (χ3v) is 9.73. The molecule has 3 aromatic rings. The number of ether oxygens (including phenoxy) is 1. The molecule has 15 nitrogen and oxygen atoms in total. The van der Waals surface area contributed by atoms with Crippen LogP contribution >= 0.6 is 23.2 Å². The number of hydrogen-bond acceptors (Lipinski definition) is 10. The molecule has 18 heteroatoms. The van der Waals surface area contributed by atoms with E-state index in [0.29, 0.717) is 5.95 Å². The SMILES string of the molecule is O=C(NCC(NS(=O)(=O)c1c(Cl)cccc1Cl)C(=O)O)C1=NO[C@]2(C1)CC(CNc1ncc[nH]1)N(C(=O)OCc1ccccc1)C2. The minimum Gasteiger partial charge on any atom is -0.480 e. The largest absolute Gasteiger partial charge is 0.480 e. The summed E-state index contributed by atoms with van der Waals surface area (Å²) in [4.78, 5) is 51.9. The van der Waals surface area contributed by atoms with Gasteiger partial charge >= 0.3 is 12.1 Å². The average Bonchev–Trinajstić information content (AvgIpc) is 3.78. The van der Waals surface area contributed by atoms with E-state index in [9.17, 15) is 27.9 Å². The highest BCUT2D eigenvalue weighted by atomic mass is 35.5. The molecule has 2 aliphatic heterocycles. The smallest absolute Gasteiger partial charge is 0.410 e. The van der Waals surface area contributed by atoms with E-state index in [2.05, 4.69) is 25.8 Å². The van der Waals surface area contributed by atoms with Crippen LogP contribution in [0.1, 0.15) is 18.4 Å². The monoisotopic (exact) mass is 693 g/mol. The molecule has 5 N–H and O–H groups in total. The highest BCUT2D eigenvalue weighted by molar-refractivity contribution is 7.89. The molecule has 0 radical (unpaired) electrons. The van der Waals surface area contributed by atoms with Crippen LogP contribution in [0, 0.1) is 0 Å². The van der Waals surface area contributed by atoms with Crippen molar-refractivity contribution in [3.8, 4) is 0 Å². The number of halogens is 2. The van der Waals surface area contributed by atoms with Crippen LogP contribution in [0.15, 0.2) is 71.0 Å². The zero-order valence-corrected chi connectivity index (χ0v) is 26.3. The summed E-state index contributed by atoms with van der Waals surface area (Å²) < 4.78 is 33.3. The van der Waals surface area contributed by atoms with E-state index in [1.165, 1.54) is 23.1 Å². The number of carbonyl (C=O) groups is 3. The number of hydrogen-bond donors (Lipinski definition) is 5. The van der Waals surface area contributed by atoms with Gasteiger partial charge in [-0.1, -0.05) is 64.8 Å². The number of anilines is 1. The summed E-state index contributed by atoms with van der Waals surface area (Å²) in [6, 6.07) is 11.0. The molecular formula is C28H29Cl2N7O8S. The van der Waals surface area contributed by atoms with Gasteiger partial charge in [-0.05, 0) is 17.7 Å². The zero-order valence-electron chi connectivity index (χ0n) is 24.0. The van der Waals surface area contributed by atoms with Gasteiger partial charge in [-0.3, -0.25) is 14.5 Å². The summed E-state index contributed by atoms with van der Waals surface area (Å²) in [6.45, 7) is -0.225. The Kier molecular flexibility index (Phi) is 10.0. The van der Waals surface area contributed by atoms with Gasteiger partial charge in [0.1, 0.15) is 23.3 Å². The van der Waals surface area contributed by atoms with Crippen LogP contribution < -0.4 is 15.4 Å². The minimum absolute atomic E-state index is 0.00273. The topological polar surface area (TPSA) is 204 Å². The quantitative estimate of drug-likeness (QED) is 0.188. The molecule has 3 heterocycles. The first kappa shape index (κ1) is 33.0. The maximum Gasteiger partial charge on any atom is 0.410 e. The normalized spacial score (nSPS) is 19.7. The molecule has 2 amide bonds. The Morgan fingerprint density at radius 1 is 1.15 bits per heavy atom. The van der Waals surface area contributed by atoms with Crippen molar-refractivity contribution in [1.29, 1.82) is 0 Å². The number of benzene rings is 2. The third-order valence-electron chi connectivity index (χ3n) is 7.30. The van der Waals surface area contributed by atoms with Crippen molar-refractivity contribution in [2.45, 2.75) is 42.0 Å². The van der Waals surface area contributed by atoms with Gasteiger partial charge in [0.05, 0.1) is 22.6 Å². The number of carboxylic acid groups (broad SMARTS) is 1. The Hall–Kier alpha value is -4.38. The standard InChI is InChI=1S/C28H29Cl2N7O8S/c29-19-7-4-8-20(30)23(19)46(42,43)36-22(25(39)40)14-33-24(38)21-12-28(45-35-21)11-18(13-34-26-31-9-10-32-26)37(16-28)27(41)44-15-17-5-2-1-3-6-17/h1-10,18,22,36H,11-16H2,(H,33,38)(H,39,40)(H2,31,32,34)/t18?,22?,28-/m0/s1.